The highest BCUT2D eigenvalue weighted by atomic mass is 16.2. The number of aromatic nitrogens is 1. The number of carbonyl (C=O) groups is 2. The number of rotatable bonds is 2. The van der Waals surface area contributed by atoms with Gasteiger partial charge in [-0.15, -0.1) is 0 Å². The summed E-state index contributed by atoms with van der Waals surface area (Å²) in [7, 11) is 0. The SMILES string of the molecule is CC[C@H](C)N1CC(=O)N2Cc3[nH]c4ccccc4c3C[C@@H]2C1=O. The maximum absolute atomic E-state index is 12.9. The van der Waals surface area contributed by atoms with Crippen molar-refractivity contribution in [2.75, 3.05) is 6.54 Å². The molecule has 1 N–H and O–H groups in total. The molecule has 2 aliphatic heterocycles. The Kier molecular flexibility index (Phi) is 3.18. The van der Waals surface area contributed by atoms with Crippen LogP contribution in [0.4, 0.5) is 0 Å². The van der Waals surface area contributed by atoms with Crippen LogP contribution in [0.5, 0.6) is 0 Å². The zero-order valence-corrected chi connectivity index (χ0v) is 13.5. The molecule has 0 aliphatic carbocycles. The summed E-state index contributed by atoms with van der Waals surface area (Å²) < 4.78 is 0. The van der Waals surface area contributed by atoms with Crippen LogP contribution in [0, 0.1) is 0 Å². The molecule has 5 heteroatoms. The molecule has 0 unspecified atom stereocenters. The summed E-state index contributed by atoms with van der Waals surface area (Å²) in [5, 5.41) is 1.17. The lowest BCUT2D eigenvalue weighted by molar-refractivity contribution is -0.159. The Hall–Kier alpha value is -2.30. The van der Waals surface area contributed by atoms with Crippen molar-refractivity contribution < 1.29 is 9.59 Å². The van der Waals surface area contributed by atoms with Crippen molar-refractivity contribution in [1.29, 1.82) is 0 Å². The standard InChI is InChI=1S/C18H21N3O2/c1-3-11(2)20-10-17(22)21-9-15-13(8-16(21)18(20)23)12-6-4-5-7-14(12)19-15/h4-7,11,16,19H,3,8-10H2,1-2H3/t11-,16+/m0/s1. The first-order valence-corrected chi connectivity index (χ1v) is 8.28. The fraction of sp³-hybridized carbons (Fsp3) is 0.444. The van der Waals surface area contributed by atoms with Crippen molar-refractivity contribution in [3.8, 4) is 0 Å². The summed E-state index contributed by atoms with van der Waals surface area (Å²) in [6.07, 6.45) is 1.47. The van der Waals surface area contributed by atoms with Crippen LogP contribution >= 0.6 is 0 Å². The monoisotopic (exact) mass is 311 g/mol. The van der Waals surface area contributed by atoms with E-state index in [4.69, 9.17) is 0 Å². The number of amides is 2. The molecule has 4 rings (SSSR count). The van der Waals surface area contributed by atoms with E-state index in [1.165, 1.54) is 10.9 Å². The number of carbonyl (C=O) groups excluding carboxylic acids is 2. The van der Waals surface area contributed by atoms with E-state index in [-0.39, 0.29) is 30.4 Å². The first-order valence-electron chi connectivity index (χ1n) is 8.28. The smallest absolute Gasteiger partial charge is 0.246 e. The van der Waals surface area contributed by atoms with E-state index in [9.17, 15) is 9.59 Å². The van der Waals surface area contributed by atoms with E-state index in [2.05, 4.69) is 11.1 Å². The number of fused-ring (bicyclic) bond motifs is 4. The van der Waals surface area contributed by atoms with Crippen molar-refractivity contribution in [3.63, 3.8) is 0 Å². The average Bonchev–Trinajstić information content (AvgIpc) is 2.93. The van der Waals surface area contributed by atoms with Gasteiger partial charge >= 0.3 is 0 Å². The molecule has 23 heavy (non-hydrogen) atoms. The third-order valence-electron chi connectivity index (χ3n) is 5.32. The Morgan fingerprint density at radius 2 is 2.04 bits per heavy atom. The second kappa shape index (κ2) is 5.11. The summed E-state index contributed by atoms with van der Waals surface area (Å²) >= 11 is 0. The molecule has 2 aliphatic rings. The fourth-order valence-corrected chi connectivity index (χ4v) is 3.79. The lowest BCUT2D eigenvalue weighted by Gasteiger charge is -2.44. The number of nitrogens with one attached hydrogen (secondary N) is 1. The minimum Gasteiger partial charge on any atom is -0.357 e. The van der Waals surface area contributed by atoms with Crippen LogP contribution in [0.15, 0.2) is 24.3 Å². The van der Waals surface area contributed by atoms with Gasteiger partial charge < -0.3 is 14.8 Å². The third kappa shape index (κ3) is 2.06. The van der Waals surface area contributed by atoms with E-state index >= 15 is 0 Å². The highest BCUT2D eigenvalue weighted by Gasteiger charge is 2.43. The predicted octanol–water partition coefficient (Wildman–Crippen LogP) is 2.06. The van der Waals surface area contributed by atoms with Crippen LogP contribution in [0.1, 0.15) is 31.5 Å². The molecule has 0 saturated carbocycles. The van der Waals surface area contributed by atoms with Crippen LogP contribution in [-0.2, 0) is 22.6 Å². The summed E-state index contributed by atoms with van der Waals surface area (Å²) in [4.78, 5) is 32.4. The normalized spacial score (nSPS) is 22.3. The highest BCUT2D eigenvalue weighted by Crippen LogP contribution is 2.32. The number of para-hydroxylation sites is 1. The van der Waals surface area contributed by atoms with Crippen molar-refractivity contribution in [3.05, 3.63) is 35.5 Å². The molecule has 0 radical (unpaired) electrons. The molecule has 2 aromatic rings. The molecule has 0 spiro atoms. The maximum atomic E-state index is 12.9. The number of benzene rings is 1. The summed E-state index contributed by atoms with van der Waals surface area (Å²) in [6, 6.07) is 7.90. The Labute approximate surface area is 135 Å². The van der Waals surface area contributed by atoms with Gasteiger partial charge in [0.1, 0.15) is 12.6 Å². The average molecular weight is 311 g/mol. The lowest BCUT2D eigenvalue weighted by Crippen LogP contribution is -2.63. The van der Waals surface area contributed by atoms with Crippen LogP contribution in [0.25, 0.3) is 10.9 Å². The molecule has 120 valence electrons. The molecule has 1 aromatic heterocycles. The van der Waals surface area contributed by atoms with Crippen molar-refractivity contribution >= 4 is 22.7 Å². The molecule has 3 heterocycles. The van der Waals surface area contributed by atoms with E-state index < -0.39 is 0 Å². The number of nitrogens with zero attached hydrogens (tertiary/aromatic N) is 2. The second-order valence-corrected chi connectivity index (χ2v) is 6.59. The first-order chi connectivity index (χ1) is 11.1. The summed E-state index contributed by atoms with van der Waals surface area (Å²) in [5.74, 6) is 0.147. The van der Waals surface area contributed by atoms with Gasteiger partial charge in [0.15, 0.2) is 0 Å². The number of hydrogen-bond donors (Lipinski definition) is 1. The van der Waals surface area contributed by atoms with Crippen LogP contribution in [0.2, 0.25) is 0 Å². The van der Waals surface area contributed by atoms with Crippen LogP contribution < -0.4 is 0 Å². The Morgan fingerprint density at radius 1 is 1.26 bits per heavy atom. The first kappa shape index (κ1) is 14.3. The third-order valence-corrected chi connectivity index (χ3v) is 5.32. The molecular formula is C18H21N3O2. The van der Waals surface area contributed by atoms with Gasteiger partial charge in [-0.1, -0.05) is 25.1 Å². The molecule has 1 aromatic carbocycles. The van der Waals surface area contributed by atoms with Gasteiger partial charge in [-0.05, 0) is 25.0 Å². The Morgan fingerprint density at radius 3 is 2.83 bits per heavy atom. The van der Waals surface area contributed by atoms with Crippen molar-refractivity contribution in [2.24, 2.45) is 0 Å². The molecule has 2 atom stereocenters. The van der Waals surface area contributed by atoms with Crippen LogP contribution in [-0.4, -0.2) is 45.2 Å². The molecule has 2 amide bonds. The summed E-state index contributed by atoms with van der Waals surface area (Å²) in [5.41, 5.74) is 3.34. The van der Waals surface area contributed by atoms with E-state index in [1.807, 2.05) is 32.0 Å². The van der Waals surface area contributed by atoms with Gasteiger partial charge in [0.05, 0.1) is 6.54 Å². The van der Waals surface area contributed by atoms with Gasteiger partial charge in [0, 0.05) is 29.1 Å². The maximum Gasteiger partial charge on any atom is 0.246 e. The largest absolute Gasteiger partial charge is 0.357 e. The van der Waals surface area contributed by atoms with Gasteiger partial charge in [0.25, 0.3) is 0 Å². The van der Waals surface area contributed by atoms with E-state index in [1.54, 1.807) is 9.80 Å². The predicted molar refractivity (Wildman–Crippen MR) is 87.8 cm³/mol. The number of piperazine rings is 1. The number of aromatic amines is 1. The van der Waals surface area contributed by atoms with E-state index in [0.717, 1.165) is 17.6 Å². The molecular weight excluding hydrogens is 290 g/mol. The van der Waals surface area contributed by atoms with Gasteiger partial charge in [-0.3, -0.25) is 9.59 Å². The Balaban J connectivity index is 1.74. The zero-order valence-electron chi connectivity index (χ0n) is 13.5. The lowest BCUT2D eigenvalue weighted by atomic mass is 9.93. The van der Waals surface area contributed by atoms with Gasteiger partial charge in [-0.25, -0.2) is 0 Å². The van der Waals surface area contributed by atoms with E-state index in [0.29, 0.717) is 13.0 Å². The molecule has 5 nitrogen and oxygen atoms in total. The quantitative estimate of drug-likeness (QED) is 0.923. The molecule has 1 fully saturated rings. The van der Waals surface area contributed by atoms with Gasteiger partial charge in [0.2, 0.25) is 11.8 Å². The van der Waals surface area contributed by atoms with Crippen LogP contribution in [0.3, 0.4) is 0 Å². The highest BCUT2D eigenvalue weighted by molar-refractivity contribution is 5.97. The second-order valence-electron chi connectivity index (χ2n) is 6.59. The van der Waals surface area contributed by atoms with Crippen molar-refractivity contribution in [1.82, 2.24) is 14.8 Å². The van der Waals surface area contributed by atoms with Crippen molar-refractivity contribution in [2.45, 2.75) is 45.3 Å². The minimum absolute atomic E-state index is 0.0548. The molecule has 0 bridgehead atoms. The number of hydrogen-bond acceptors (Lipinski definition) is 2. The fourth-order valence-electron chi connectivity index (χ4n) is 3.79. The zero-order chi connectivity index (χ0) is 16.1. The Bertz CT molecular complexity index is 795. The topological polar surface area (TPSA) is 56.4 Å². The molecule has 1 saturated heterocycles. The van der Waals surface area contributed by atoms with Gasteiger partial charge in [-0.2, -0.15) is 0 Å². The minimum atomic E-state index is -0.350. The summed E-state index contributed by atoms with van der Waals surface area (Å²) in [6.45, 7) is 4.78. The number of H-pyrrole nitrogens is 1.